The van der Waals surface area contributed by atoms with Gasteiger partial charge >= 0.3 is 6.03 Å². The van der Waals surface area contributed by atoms with Crippen LogP contribution in [0.5, 0.6) is 0 Å². The van der Waals surface area contributed by atoms with Crippen LogP contribution in [0, 0.1) is 6.92 Å². The number of benzene rings is 1. The zero-order chi connectivity index (χ0) is 18.6. The molecule has 1 atom stereocenters. The fraction of sp³-hybridized carbons (Fsp3) is 0.350. The van der Waals surface area contributed by atoms with E-state index in [2.05, 4.69) is 15.6 Å². The normalized spacial score (nSPS) is 16.7. The van der Waals surface area contributed by atoms with Crippen LogP contribution in [0.2, 0.25) is 0 Å². The first-order valence-electron chi connectivity index (χ1n) is 8.86. The molecule has 1 heterocycles. The van der Waals surface area contributed by atoms with E-state index in [1.807, 2.05) is 43.3 Å². The summed E-state index contributed by atoms with van der Waals surface area (Å²) in [4.78, 5) is 28.7. The Balaban J connectivity index is 1.85. The highest BCUT2D eigenvalue weighted by Gasteiger charge is 2.41. The van der Waals surface area contributed by atoms with Crippen molar-refractivity contribution in [3.8, 4) is 0 Å². The highest BCUT2D eigenvalue weighted by molar-refractivity contribution is 5.90. The van der Waals surface area contributed by atoms with Gasteiger partial charge in [-0.3, -0.25) is 9.78 Å². The fourth-order valence-corrected chi connectivity index (χ4v) is 3.60. The summed E-state index contributed by atoms with van der Waals surface area (Å²) in [5, 5.41) is 5.85. The van der Waals surface area contributed by atoms with Crippen LogP contribution in [0.25, 0.3) is 0 Å². The van der Waals surface area contributed by atoms with Gasteiger partial charge in [0.25, 0.3) is 0 Å². The average molecular weight is 352 g/mol. The number of amides is 3. The minimum absolute atomic E-state index is 0.342. The molecule has 6 nitrogen and oxygen atoms in total. The Morgan fingerprint density at radius 2 is 1.77 bits per heavy atom. The maximum Gasteiger partial charge on any atom is 0.316 e. The molecular formula is C20H24N4O2. The number of carbonyl (C=O) groups excluding carboxylic acids is 2. The molecule has 1 saturated carbocycles. The third-order valence-corrected chi connectivity index (χ3v) is 5.10. The van der Waals surface area contributed by atoms with Crippen molar-refractivity contribution >= 4 is 11.9 Å². The van der Waals surface area contributed by atoms with Crippen LogP contribution in [0.1, 0.15) is 48.4 Å². The van der Waals surface area contributed by atoms with Gasteiger partial charge in [-0.1, -0.05) is 37.1 Å². The van der Waals surface area contributed by atoms with Crippen molar-refractivity contribution in [2.75, 3.05) is 0 Å². The van der Waals surface area contributed by atoms with E-state index in [1.54, 1.807) is 12.4 Å². The average Bonchev–Trinajstić information content (AvgIpc) is 3.11. The lowest BCUT2D eigenvalue weighted by Gasteiger charge is -2.29. The van der Waals surface area contributed by atoms with E-state index < -0.39 is 17.5 Å². The van der Waals surface area contributed by atoms with Crippen LogP contribution in [0.3, 0.4) is 0 Å². The van der Waals surface area contributed by atoms with Crippen molar-refractivity contribution in [1.82, 2.24) is 15.6 Å². The van der Waals surface area contributed by atoms with Crippen molar-refractivity contribution in [2.45, 2.75) is 44.2 Å². The second-order valence-corrected chi connectivity index (χ2v) is 6.82. The van der Waals surface area contributed by atoms with Crippen LogP contribution >= 0.6 is 0 Å². The third kappa shape index (κ3) is 3.69. The third-order valence-electron chi connectivity index (χ3n) is 5.10. The molecule has 1 unspecified atom stereocenters. The molecule has 0 aliphatic heterocycles. The molecule has 3 amide bonds. The molecule has 2 aromatic rings. The van der Waals surface area contributed by atoms with Gasteiger partial charge in [-0.25, -0.2) is 4.79 Å². The summed E-state index contributed by atoms with van der Waals surface area (Å²) in [5.74, 6) is -0.471. The van der Waals surface area contributed by atoms with E-state index in [0.29, 0.717) is 12.8 Å². The SMILES string of the molecule is Cc1ccccc1C(NC(=O)NC1(C(N)=O)CCCC1)c1ccncc1. The maximum absolute atomic E-state index is 12.7. The number of nitrogens with zero attached hydrogens (tertiary/aromatic N) is 1. The Kier molecular flexibility index (Phi) is 5.21. The zero-order valence-corrected chi connectivity index (χ0v) is 14.9. The Morgan fingerprint density at radius 3 is 2.38 bits per heavy atom. The molecule has 1 aromatic carbocycles. The second-order valence-electron chi connectivity index (χ2n) is 6.82. The van der Waals surface area contributed by atoms with Crippen LogP contribution in [-0.4, -0.2) is 22.5 Å². The minimum atomic E-state index is -0.946. The molecule has 3 rings (SSSR count). The number of hydrogen-bond acceptors (Lipinski definition) is 3. The van der Waals surface area contributed by atoms with E-state index in [1.165, 1.54) is 0 Å². The van der Waals surface area contributed by atoms with Gasteiger partial charge in [-0.15, -0.1) is 0 Å². The zero-order valence-electron chi connectivity index (χ0n) is 14.9. The Labute approximate surface area is 153 Å². The summed E-state index contributed by atoms with van der Waals surface area (Å²) >= 11 is 0. The molecule has 136 valence electrons. The molecule has 26 heavy (non-hydrogen) atoms. The summed E-state index contributed by atoms with van der Waals surface area (Å²) in [6.07, 6.45) is 6.33. The maximum atomic E-state index is 12.7. The van der Waals surface area contributed by atoms with Gasteiger partial charge in [0.1, 0.15) is 5.54 Å². The van der Waals surface area contributed by atoms with Crippen molar-refractivity contribution in [1.29, 1.82) is 0 Å². The van der Waals surface area contributed by atoms with Crippen molar-refractivity contribution < 1.29 is 9.59 Å². The van der Waals surface area contributed by atoms with Crippen LogP contribution < -0.4 is 16.4 Å². The number of nitrogens with one attached hydrogen (secondary N) is 2. The molecule has 1 fully saturated rings. The lowest BCUT2D eigenvalue weighted by atomic mass is 9.95. The molecule has 1 aliphatic rings. The van der Waals surface area contributed by atoms with Gasteiger partial charge in [0, 0.05) is 12.4 Å². The molecule has 0 bridgehead atoms. The standard InChI is InChI=1S/C20H24N4O2/c1-14-6-2-3-7-16(14)17(15-8-12-22-13-9-15)23-19(26)24-20(18(21)25)10-4-5-11-20/h2-3,6-9,12-13,17H,4-5,10-11H2,1H3,(H2,21,25)(H2,23,24,26). The van der Waals surface area contributed by atoms with Crippen LogP contribution in [-0.2, 0) is 4.79 Å². The number of urea groups is 1. The second kappa shape index (κ2) is 7.56. The first-order valence-corrected chi connectivity index (χ1v) is 8.86. The van der Waals surface area contributed by atoms with Gasteiger partial charge < -0.3 is 16.4 Å². The summed E-state index contributed by atoms with van der Waals surface area (Å²) in [5.41, 5.74) is 7.61. The van der Waals surface area contributed by atoms with Crippen LogP contribution in [0.4, 0.5) is 4.79 Å². The fourth-order valence-electron chi connectivity index (χ4n) is 3.60. The number of aromatic nitrogens is 1. The molecular weight excluding hydrogens is 328 g/mol. The topological polar surface area (TPSA) is 97.1 Å². The molecule has 0 radical (unpaired) electrons. The predicted molar refractivity (Wildman–Crippen MR) is 99.3 cm³/mol. The van der Waals surface area contributed by atoms with Gasteiger partial charge in [-0.2, -0.15) is 0 Å². The minimum Gasteiger partial charge on any atom is -0.368 e. The predicted octanol–water partition coefficient (Wildman–Crippen LogP) is 2.58. The van der Waals surface area contributed by atoms with Gasteiger partial charge in [0.2, 0.25) is 5.91 Å². The molecule has 6 heteroatoms. The van der Waals surface area contributed by atoms with Crippen LogP contribution in [0.15, 0.2) is 48.8 Å². The first kappa shape index (κ1) is 17.9. The number of primary amides is 1. The summed E-state index contributed by atoms with van der Waals surface area (Å²) in [7, 11) is 0. The number of aryl methyl sites for hydroxylation is 1. The molecule has 1 aromatic heterocycles. The highest BCUT2D eigenvalue weighted by Crippen LogP contribution is 2.30. The largest absolute Gasteiger partial charge is 0.368 e. The summed E-state index contributed by atoms with van der Waals surface area (Å²) in [6, 6.07) is 10.9. The lowest BCUT2D eigenvalue weighted by molar-refractivity contribution is -0.123. The molecule has 0 spiro atoms. The van der Waals surface area contributed by atoms with Crippen molar-refractivity contribution in [3.63, 3.8) is 0 Å². The Hall–Kier alpha value is -2.89. The van der Waals surface area contributed by atoms with Gasteiger partial charge in [0.15, 0.2) is 0 Å². The van der Waals surface area contributed by atoms with E-state index in [9.17, 15) is 9.59 Å². The molecule has 1 aliphatic carbocycles. The van der Waals surface area contributed by atoms with E-state index in [-0.39, 0.29) is 6.04 Å². The number of nitrogens with two attached hydrogens (primary N) is 1. The van der Waals surface area contributed by atoms with Crippen molar-refractivity contribution in [2.24, 2.45) is 5.73 Å². The molecule has 0 saturated heterocycles. The van der Waals surface area contributed by atoms with Gasteiger partial charge in [0.05, 0.1) is 6.04 Å². The smallest absolute Gasteiger partial charge is 0.316 e. The lowest BCUT2D eigenvalue weighted by Crippen LogP contribution is -2.58. The number of carbonyl (C=O) groups is 2. The number of hydrogen-bond donors (Lipinski definition) is 3. The number of pyridine rings is 1. The van der Waals surface area contributed by atoms with E-state index in [0.717, 1.165) is 29.5 Å². The highest BCUT2D eigenvalue weighted by atomic mass is 16.2. The Morgan fingerprint density at radius 1 is 1.12 bits per heavy atom. The van der Waals surface area contributed by atoms with Gasteiger partial charge in [-0.05, 0) is 48.6 Å². The summed E-state index contributed by atoms with van der Waals surface area (Å²) < 4.78 is 0. The van der Waals surface area contributed by atoms with E-state index >= 15 is 0 Å². The first-order chi connectivity index (χ1) is 12.5. The molecule has 4 N–H and O–H groups in total. The Bertz CT molecular complexity index is 785. The van der Waals surface area contributed by atoms with Crippen molar-refractivity contribution in [3.05, 3.63) is 65.5 Å². The summed E-state index contributed by atoms with van der Waals surface area (Å²) in [6.45, 7) is 2.00. The quantitative estimate of drug-likeness (QED) is 0.771. The number of rotatable bonds is 5. The monoisotopic (exact) mass is 352 g/mol. The van der Waals surface area contributed by atoms with E-state index in [4.69, 9.17) is 5.73 Å².